The van der Waals surface area contributed by atoms with Gasteiger partial charge >= 0.3 is 6.03 Å². The van der Waals surface area contributed by atoms with Crippen molar-refractivity contribution in [3.05, 3.63) is 54.0 Å². The molecule has 2 aromatic heterocycles. The normalized spacial score (nSPS) is 13.8. The monoisotopic (exact) mass is 311 g/mol. The van der Waals surface area contributed by atoms with E-state index in [2.05, 4.69) is 25.5 Å². The van der Waals surface area contributed by atoms with Crippen LogP contribution in [0.4, 0.5) is 10.6 Å². The van der Waals surface area contributed by atoms with Crippen molar-refractivity contribution in [1.82, 2.24) is 20.6 Å². The van der Waals surface area contributed by atoms with E-state index in [9.17, 15) is 4.79 Å². The minimum Gasteiger partial charge on any atom is -0.357 e. The number of nitrogens with zero attached hydrogens (tertiary/aromatic N) is 3. The van der Waals surface area contributed by atoms with Crippen molar-refractivity contribution in [2.75, 3.05) is 18.0 Å². The summed E-state index contributed by atoms with van der Waals surface area (Å²) >= 11 is 0. The molecule has 3 rings (SSSR count). The van der Waals surface area contributed by atoms with Gasteiger partial charge in [0.2, 0.25) is 0 Å². The average Bonchev–Trinajstić information content (AvgIpc) is 3.14. The van der Waals surface area contributed by atoms with Crippen molar-refractivity contribution in [1.29, 1.82) is 0 Å². The summed E-state index contributed by atoms with van der Waals surface area (Å²) in [7, 11) is 0. The summed E-state index contributed by atoms with van der Waals surface area (Å²) in [5.74, 6) is 0.998. The topological polar surface area (TPSA) is 70.1 Å². The maximum atomic E-state index is 11.9. The third-order valence-corrected chi connectivity index (χ3v) is 3.87. The Morgan fingerprint density at radius 3 is 2.61 bits per heavy atom. The second-order valence-corrected chi connectivity index (χ2v) is 5.61. The van der Waals surface area contributed by atoms with E-state index in [-0.39, 0.29) is 6.03 Å². The van der Waals surface area contributed by atoms with E-state index in [1.54, 1.807) is 18.6 Å². The predicted octanol–water partition coefficient (Wildman–Crippen LogP) is 2.08. The SMILES string of the molecule is O=C(NCc1cccnc1)NCc1ccnc(N2CCCC2)c1. The maximum absolute atomic E-state index is 11.9. The molecule has 1 fully saturated rings. The van der Waals surface area contributed by atoms with Crippen LogP contribution in [-0.4, -0.2) is 29.1 Å². The lowest BCUT2D eigenvalue weighted by Gasteiger charge is -2.17. The molecule has 1 saturated heterocycles. The van der Waals surface area contributed by atoms with Crippen molar-refractivity contribution >= 4 is 11.8 Å². The second kappa shape index (κ2) is 7.58. The van der Waals surface area contributed by atoms with Gasteiger partial charge in [-0.15, -0.1) is 0 Å². The largest absolute Gasteiger partial charge is 0.357 e. The van der Waals surface area contributed by atoms with Gasteiger partial charge in [0.15, 0.2) is 0 Å². The number of aromatic nitrogens is 2. The van der Waals surface area contributed by atoms with Crippen LogP contribution in [0.2, 0.25) is 0 Å². The molecule has 0 atom stereocenters. The van der Waals surface area contributed by atoms with E-state index in [0.29, 0.717) is 13.1 Å². The number of pyridine rings is 2. The Balaban J connectivity index is 1.48. The lowest BCUT2D eigenvalue weighted by molar-refractivity contribution is 0.240. The average molecular weight is 311 g/mol. The van der Waals surface area contributed by atoms with Crippen LogP contribution >= 0.6 is 0 Å². The first-order valence-corrected chi connectivity index (χ1v) is 7.92. The lowest BCUT2D eigenvalue weighted by Crippen LogP contribution is -2.34. The van der Waals surface area contributed by atoms with Gasteiger partial charge in [0, 0.05) is 44.8 Å². The van der Waals surface area contributed by atoms with Crippen molar-refractivity contribution in [3.8, 4) is 0 Å². The van der Waals surface area contributed by atoms with E-state index in [4.69, 9.17) is 0 Å². The fourth-order valence-electron chi connectivity index (χ4n) is 2.62. The molecule has 2 amide bonds. The molecular formula is C17H21N5O. The van der Waals surface area contributed by atoms with Gasteiger partial charge < -0.3 is 15.5 Å². The molecule has 2 N–H and O–H groups in total. The maximum Gasteiger partial charge on any atom is 0.315 e. The van der Waals surface area contributed by atoms with Gasteiger partial charge in [-0.1, -0.05) is 6.07 Å². The molecule has 1 aliphatic heterocycles. The zero-order chi connectivity index (χ0) is 15.9. The molecule has 6 heteroatoms. The van der Waals surface area contributed by atoms with Gasteiger partial charge in [0.25, 0.3) is 0 Å². The lowest BCUT2D eigenvalue weighted by atomic mass is 10.2. The van der Waals surface area contributed by atoms with Gasteiger partial charge in [-0.25, -0.2) is 9.78 Å². The van der Waals surface area contributed by atoms with E-state index in [0.717, 1.165) is 30.0 Å². The molecule has 0 bridgehead atoms. The molecule has 3 heterocycles. The summed E-state index contributed by atoms with van der Waals surface area (Å²) in [6, 6.07) is 7.58. The van der Waals surface area contributed by atoms with E-state index >= 15 is 0 Å². The van der Waals surface area contributed by atoms with Crippen LogP contribution < -0.4 is 15.5 Å². The zero-order valence-electron chi connectivity index (χ0n) is 13.0. The Morgan fingerprint density at radius 1 is 1.09 bits per heavy atom. The van der Waals surface area contributed by atoms with E-state index < -0.39 is 0 Å². The van der Waals surface area contributed by atoms with E-state index in [1.165, 1.54) is 12.8 Å². The first-order chi connectivity index (χ1) is 11.3. The highest BCUT2D eigenvalue weighted by Crippen LogP contribution is 2.18. The summed E-state index contributed by atoms with van der Waals surface area (Å²) < 4.78 is 0. The molecule has 6 nitrogen and oxygen atoms in total. The Hall–Kier alpha value is -2.63. The van der Waals surface area contributed by atoms with Crippen LogP contribution in [0.1, 0.15) is 24.0 Å². The minimum atomic E-state index is -0.187. The molecule has 0 unspecified atom stereocenters. The number of carbonyl (C=O) groups excluding carboxylic acids is 1. The van der Waals surface area contributed by atoms with Gasteiger partial charge in [-0.2, -0.15) is 0 Å². The van der Waals surface area contributed by atoms with Gasteiger partial charge in [0.1, 0.15) is 5.82 Å². The standard InChI is InChI=1S/C17H21N5O/c23-17(21-13-15-4-3-6-18-11-15)20-12-14-5-7-19-16(10-14)22-8-1-2-9-22/h3-7,10-11H,1-2,8-9,12-13H2,(H2,20,21,23). The number of carbonyl (C=O) groups is 1. The van der Waals surface area contributed by atoms with Crippen molar-refractivity contribution in [3.63, 3.8) is 0 Å². The summed E-state index contributed by atoms with van der Waals surface area (Å²) in [6.45, 7) is 3.09. The van der Waals surface area contributed by atoms with E-state index in [1.807, 2.05) is 24.3 Å². The number of hydrogen-bond acceptors (Lipinski definition) is 4. The second-order valence-electron chi connectivity index (χ2n) is 5.61. The molecule has 0 saturated carbocycles. The highest BCUT2D eigenvalue weighted by atomic mass is 16.2. The summed E-state index contributed by atoms with van der Waals surface area (Å²) in [6.07, 6.45) is 7.70. The molecule has 0 spiro atoms. The predicted molar refractivity (Wildman–Crippen MR) is 89.0 cm³/mol. The number of rotatable bonds is 5. The third kappa shape index (κ3) is 4.42. The molecular weight excluding hydrogens is 290 g/mol. The fraction of sp³-hybridized carbons (Fsp3) is 0.353. The first-order valence-electron chi connectivity index (χ1n) is 7.92. The summed E-state index contributed by atoms with van der Waals surface area (Å²) in [5.41, 5.74) is 2.03. The molecule has 0 radical (unpaired) electrons. The molecule has 120 valence electrons. The number of hydrogen-bond donors (Lipinski definition) is 2. The van der Waals surface area contributed by atoms with Crippen LogP contribution in [0.15, 0.2) is 42.9 Å². The number of nitrogens with one attached hydrogen (secondary N) is 2. The van der Waals surface area contributed by atoms with Gasteiger partial charge in [-0.05, 0) is 42.2 Å². The first kappa shape index (κ1) is 15.3. The van der Waals surface area contributed by atoms with Gasteiger partial charge in [0.05, 0.1) is 0 Å². The highest BCUT2D eigenvalue weighted by Gasteiger charge is 2.13. The van der Waals surface area contributed by atoms with Crippen molar-refractivity contribution < 1.29 is 4.79 Å². The molecule has 0 aliphatic carbocycles. The minimum absolute atomic E-state index is 0.187. The van der Waals surface area contributed by atoms with Gasteiger partial charge in [-0.3, -0.25) is 4.98 Å². The third-order valence-electron chi connectivity index (χ3n) is 3.87. The van der Waals surface area contributed by atoms with Crippen molar-refractivity contribution in [2.24, 2.45) is 0 Å². The summed E-state index contributed by atoms with van der Waals surface area (Å²) in [5, 5.41) is 5.69. The fourth-order valence-corrected chi connectivity index (χ4v) is 2.62. The Bertz CT molecular complexity index is 640. The number of amides is 2. The molecule has 1 aliphatic rings. The zero-order valence-corrected chi connectivity index (χ0v) is 13.0. The number of urea groups is 1. The highest BCUT2D eigenvalue weighted by molar-refractivity contribution is 5.73. The Kier molecular flexibility index (Phi) is 5.03. The summed E-state index contributed by atoms with van der Waals surface area (Å²) in [4.78, 5) is 22.6. The van der Waals surface area contributed by atoms with Crippen LogP contribution in [0, 0.1) is 0 Å². The Morgan fingerprint density at radius 2 is 1.87 bits per heavy atom. The van der Waals surface area contributed by atoms with Crippen LogP contribution in [0.25, 0.3) is 0 Å². The van der Waals surface area contributed by atoms with Crippen LogP contribution in [0.5, 0.6) is 0 Å². The van der Waals surface area contributed by atoms with Crippen LogP contribution in [0.3, 0.4) is 0 Å². The smallest absolute Gasteiger partial charge is 0.315 e. The van der Waals surface area contributed by atoms with Crippen molar-refractivity contribution in [2.45, 2.75) is 25.9 Å². The number of anilines is 1. The Labute approximate surface area is 135 Å². The molecule has 23 heavy (non-hydrogen) atoms. The van der Waals surface area contributed by atoms with Crippen LogP contribution in [-0.2, 0) is 13.1 Å². The quantitative estimate of drug-likeness (QED) is 0.887. The molecule has 0 aromatic carbocycles. The molecule has 2 aromatic rings.